The molecule has 0 saturated heterocycles. The van der Waals surface area contributed by atoms with Crippen molar-refractivity contribution >= 4 is 34.6 Å². The number of nitrogens with one attached hydrogen (secondary N) is 2. The molecule has 2 heterocycles. The van der Waals surface area contributed by atoms with Crippen molar-refractivity contribution in [2.45, 2.75) is 13.5 Å². The van der Waals surface area contributed by atoms with Crippen LogP contribution in [-0.4, -0.2) is 9.97 Å². The predicted molar refractivity (Wildman–Crippen MR) is 71.2 cm³/mol. The van der Waals surface area contributed by atoms with Gasteiger partial charge in [0.05, 0.1) is 10.9 Å². The Hall–Kier alpha value is -1.37. The van der Waals surface area contributed by atoms with E-state index in [-0.39, 0.29) is 0 Å². The van der Waals surface area contributed by atoms with E-state index in [4.69, 9.17) is 17.4 Å². The molecule has 0 aliphatic heterocycles. The van der Waals surface area contributed by atoms with Crippen molar-refractivity contribution in [3.8, 4) is 0 Å². The molecular formula is C10H12ClN5S. The lowest BCUT2D eigenvalue weighted by molar-refractivity contribution is 1.02. The molecule has 5 nitrogen and oxygen atoms in total. The Balaban J connectivity index is 2.05. The highest BCUT2D eigenvalue weighted by Crippen LogP contribution is 2.22. The van der Waals surface area contributed by atoms with Gasteiger partial charge in [0.1, 0.15) is 17.5 Å². The third-order valence-electron chi connectivity index (χ3n) is 2.06. The molecule has 90 valence electrons. The average Bonchev–Trinajstić information content (AvgIpc) is 2.72. The normalized spacial score (nSPS) is 10.3. The van der Waals surface area contributed by atoms with E-state index in [9.17, 15) is 0 Å². The van der Waals surface area contributed by atoms with E-state index < -0.39 is 0 Å². The maximum atomic E-state index is 5.85. The van der Waals surface area contributed by atoms with Crippen molar-refractivity contribution in [2.24, 2.45) is 5.84 Å². The SMILES string of the molecule is Cc1nc(NN)cc(NCc2ccc(Cl)s2)n1. The number of hydrogen-bond donors (Lipinski definition) is 3. The standard InChI is InChI=1S/C10H12ClN5S/c1-6-14-9(4-10(15-6)16-12)13-5-7-2-3-8(11)17-7/h2-4H,5,12H2,1H3,(H2,13,14,15,16). The van der Waals surface area contributed by atoms with Crippen molar-refractivity contribution in [2.75, 3.05) is 10.7 Å². The van der Waals surface area contributed by atoms with Crippen LogP contribution in [0.2, 0.25) is 4.34 Å². The number of anilines is 2. The lowest BCUT2D eigenvalue weighted by atomic mass is 10.4. The van der Waals surface area contributed by atoms with Gasteiger partial charge in [-0.3, -0.25) is 0 Å². The van der Waals surface area contributed by atoms with Crippen LogP contribution >= 0.6 is 22.9 Å². The zero-order chi connectivity index (χ0) is 12.3. The first kappa shape index (κ1) is 12.1. The van der Waals surface area contributed by atoms with Gasteiger partial charge in [0.25, 0.3) is 0 Å². The van der Waals surface area contributed by atoms with Gasteiger partial charge in [0.2, 0.25) is 0 Å². The Morgan fingerprint density at radius 1 is 1.35 bits per heavy atom. The Kier molecular flexibility index (Phi) is 3.78. The molecule has 0 aliphatic rings. The lowest BCUT2D eigenvalue weighted by Crippen LogP contribution is -2.11. The minimum Gasteiger partial charge on any atom is -0.365 e. The third kappa shape index (κ3) is 3.29. The molecule has 2 aromatic rings. The highest BCUT2D eigenvalue weighted by Gasteiger charge is 2.02. The van der Waals surface area contributed by atoms with Gasteiger partial charge < -0.3 is 10.7 Å². The minimum absolute atomic E-state index is 0.587. The van der Waals surface area contributed by atoms with E-state index in [2.05, 4.69) is 20.7 Å². The number of aromatic nitrogens is 2. The van der Waals surface area contributed by atoms with Crippen LogP contribution in [0.1, 0.15) is 10.7 Å². The van der Waals surface area contributed by atoms with E-state index in [1.54, 1.807) is 17.4 Å². The molecule has 0 saturated carbocycles. The summed E-state index contributed by atoms with van der Waals surface area (Å²) >= 11 is 7.39. The van der Waals surface area contributed by atoms with Crippen molar-refractivity contribution < 1.29 is 0 Å². The molecule has 2 aromatic heterocycles. The Bertz CT molecular complexity index is 513. The highest BCUT2D eigenvalue weighted by molar-refractivity contribution is 7.16. The minimum atomic E-state index is 0.587. The molecule has 0 amide bonds. The number of nitrogens with two attached hydrogens (primary N) is 1. The van der Waals surface area contributed by atoms with Crippen molar-refractivity contribution in [3.63, 3.8) is 0 Å². The summed E-state index contributed by atoms with van der Waals surface area (Å²) in [6, 6.07) is 5.61. The van der Waals surface area contributed by atoms with E-state index in [1.807, 2.05) is 19.1 Å². The maximum Gasteiger partial charge on any atom is 0.145 e. The Morgan fingerprint density at radius 2 is 2.12 bits per heavy atom. The molecular weight excluding hydrogens is 258 g/mol. The predicted octanol–water partition coefficient (Wildman–Crippen LogP) is 2.40. The number of halogens is 1. The van der Waals surface area contributed by atoms with Crippen LogP contribution in [0, 0.1) is 6.92 Å². The van der Waals surface area contributed by atoms with Crippen molar-refractivity contribution in [1.82, 2.24) is 9.97 Å². The van der Waals surface area contributed by atoms with Crippen LogP contribution in [0.25, 0.3) is 0 Å². The van der Waals surface area contributed by atoms with Crippen LogP contribution in [0.15, 0.2) is 18.2 Å². The number of thiophene rings is 1. The topological polar surface area (TPSA) is 75.9 Å². The summed E-state index contributed by atoms with van der Waals surface area (Å²) in [6.07, 6.45) is 0. The molecule has 4 N–H and O–H groups in total. The highest BCUT2D eigenvalue weighted by atomic mass is 35.5. The first-order valence-electron chi connectivity index (χ1n) is 4.98. The molecule has 0 bridgehead atoms. The smallest absolute Gasteiger partial charge is 0.145 e. The first-order valence-corrected chi connectivity index (χ1v) is 6.17. The van der Waals surface area contributed by atoms with Gasteiger partial charge in [-0.2, -0.15) is 0 Å². The summed E-state index contributed by atoms with van der Waals surface area (Å²) in [4.78, 5) is 9.51. The summed E-state index contributed by atoms with van der Waals surface area (Å²) in [5.41, 5.74) is 2.50. The van der Waals surface area contributed by atoms with Gasteiger partial charge in [-0.15, -0.1) is 11.3 Å². The summed E-state index contributed by atoms with van der Waals surface area (Å²) in [5.74, 6) is 7.29. The van der Waals surface area contributed by atoms with Crippen LogP contribution in [0.4, 0.5) is 11.6 Å². The molecule has 17 heavy (non-hydrogen) atoms. The zero-order valence-electron chi connectivity index (χ0n) is 9.20. The van der Waals surface area contributed by atoms with Crippen molar-refractivity contribution in [1.29, 1.82) is 0 Å². The van der Waals surface area contributed by atoms with Crippen LogP contribution in [0.3, 0.4) is 0 Å². The summed E-state index contributed by atoms with van der Waals surface area (Å²) in [5, 5.41) is 3.19. The van der Waals surface area contributed by atoms with Gasteiger partial charge in [-0.1, -0.05) is 11.6 Å². The lowest BCUT2D eigenvalue weighted by Gasteiger charge is -2.07. The summed E-state index contributed by atoms with van der Waals surface area (Å²) in [7, 11) is 0. The van der Waals surface area contributed by atoms with Crippen LogP contribution in [0.5, 0.6) is 0 Å². The van der Waals surface area contributed by atoms with Crippen molar-refractivity contribution in [3.05, 3.63) is 33.2 Å². The fourth-order valence-electron chi connectivity index (χ4n) is 1.36. The molecule has 7 heteroatoms. The van der Waals surface area contributed by atoms with E-state index in [0.717, 1.165) is 15.0 Å². The molecule has 2 rings (SSSR count). The second-order valence-corrected chi connectivity index (χ2v) is 5.19. The molecule has 0 unspecified atom stereocenters. The Labute approximate surface area is 108 Å². The molecule has 0 fully saturated rings. The van der Waals surface area contributed by atoms with E-state index >= 15 is 0 Å². The second-order valence-electron chi connectivity index (χ2n) is 3.39. The molecule has 0 aliphatic carbocycles. The third-order valence-corrected chi connectivity index (χ3v) is 3.29. The van der Waals surface area contributed by atoms with Gasteiger partial charge in [0, 0.05) is 10.9 Å². The molecule has 0 atom stereocenters. The van der Waals surface area contributed by atoms with Gasteiger partial charge in [0.15, 0.2) is 0 Å². The van der Waals surface area contributed by atoms with Gasteiger partial charge in [-0.25, -0.2) is 15.8 Å². The number of rotatable bonds is 4. The fraction of sp³-hybridized carbons (Fsp3) is 0.200. The van der Waals surface area contributed by atoms with Crippen LogP contribution < -0.4 is 16.6 Å². The zero-order valence-corrected chi connectivity index (χ0v) is 10.8. The number of nitrogen functional groups attached to an aromatic ring is 1. The van der Waals surface area contributed by atoms with Gasteiger partial charge in [-0.05, 0) is 19.1 Å². The molecule has 0 radical (unpaired) electrons. The average molecular weight is 270 g/mol. The number of aryl methyl sites for hydroxylation is 1. The number of hydrazine groups is 1. The molecule has 0 spiro atoms. The van der Waals surface area contributed by atoms with E-state index in [1.165, 1.54) is 0 Å². The van der Waals surface area contributed by atoms with Crippen LogP contribution in [-0.2, 0) is 6.54 Å². The number of hydrogen-bond acceptors (Lipinski definition) is 6. The summed E-state index contributed by atoms with van der Waals surface area (Å²) < 4.78 is 0.782. The number of nitrogens with zero attached hydrogens (tertiary/aromatic N) is 2. The largest absolute Gasteiger partial charge is 0.365 e. The maximum absolute atomic E-state index is 5.85. The quantitative estimate of drug-likeness (QED) is 0.587. The Morgan fingerprint density at radius 3 is 2.76 bits per heavy atom. The first-order chi connectivity index (χ1) is 8.17. The molecule has 0 aromatic carbocycles. The monoisotopic (exact) mass is 269 g/mol. The second kappa shape index (κ2) is 5.31. The van der Waals surface area contributed by atoms with Gasteiger partial charge >= 0.3 is 0 Å². The summed E-state index contributed by atoms with van der Waals surface area (Å²) in [6.45, 7) is 2.49. The fourth-order valence-corrected chi connectivity index (χ4v) is 2.38. The van der Waals surface area contributed by atoms with E-state index in [0.29, 0.717) is 18.2 Å².